The van der Waals surface area contributed by atoms with Gasteiger partial charge in [-0.3, -0.25) is 5.10 Å². The topological polar surface area (TPSA) is 118 Å². The van der Waals surface area contributed by atoms with E-state index in [2.05, 4.69) is 30.7 Å². The first kappa shape index (κ1) is 20.3. The molecular weight excluding hydrogens is 432 g/mol. The van der Waals surface area contributed by atoms with Gasteiger partial charge in [-0.15, -0.1) is 0 Å². The van der Waals surface area contributed by atoms with Gasteiger partial charge in [-0.25, -0.2) is 0 Å². The number of hydrogen-bond acceptors (Lipinski definition) is 10. The second-order valence-electron chi connectivity index (χ2n) is 7.03. The summed E-state index contributed by atoms with van der Waals surface area (Å²) in [5, 5.41) is 19.0. The Morgan fingerprint density at radius 1 is 1.00 bits per heavy atom. The lowest BCUT2D eigenvalue weighted by atomic mass is 10.2. The van der Waals surface area contributed by atoms with E-state index < -0.39 is 0 Å². The lowest BCUT2D eigenvalue weighted by Crippen LogP contribution is -2.04. The quantitative estimate of drug-likeness (QED) is 0.290. The average molecular weight is 455 g/mol. The standard InChI is InChI=1S/C21H22N6O4S/c1-28-15-5-4-6-16(29-2)19(15)32-27-21-11-7-18(30-3)13(8-17(11)31-26-21)23-20-12-9-22-10-14(12)24-25-20/h4-8,22H,9-10H2,1-3H3,(H,26,27)(H2,23,24,25). The Balaban J connectivity index is 1.43. The fraction of sp³-hybridized carbons (Fsp3) is 0.238. The van der Waals surface area contributed by atoms with Crippen molar-refractivity contribution >= 4 is 40.2 Å². The van der Waals surface area contributed by atoms with Crippen LogP contribution in [0.1, 0.15) is 11.3 Å². The van der Waals surface area contributed by atoms with Gasteiger partial charge in [0.1, 0.15) is 22.1 Å². The molecule has 5 rings (SSSR count). The van der Waals surface area contributed by atoms with Gasteiger partial charge in [-0.05, 0) is 30.1 Å². The first-order valence-corrected chi connectivity index (χ1v) is 10.7. The third-order valence-corrected chi connectivity index (χ3v) is 6.14. The molecule has 0 saturated carbocycles. The lowest BCUT2D eigenvalue weighted by molar-refractivity contribution is 0.376. The number of ether oxygens (including phenoxy) is 3. The summed E-state index contributed by atoms with van der Waals surface area (Å²) in [6.45, 7) is 1.55. The summed E-state index contributed by atoms with van der Waals surface area (Å²) in [6.07, 6.45) is 0. The number of nitrogens with zero attached hydrogens (tertiary/aromatic N) is 2. The van der Waals surface area contributed by atoms with Gasteiger partial charge >= 0.3 is 0 Å². The Morgan fingerprint density at radius 2 is 1.78 bits per heavy atom. The molecule has 1 aliphatic rings. The second kappa shape index (κ2) is 8.52. The van der Waals surface area contributed by atoms with Crippen molar-refractivity contribution in [1.82, 2.24) is 20.7 Å². The van der Waals surface area contributed by atoms with Gasteiger partial charge in [0.15, 0.2) is 17.2 Å². The molecule has 166 valence electrons. The fourth-order valence-corrected chi connectivity index (χ4v) is 4.45. The molecule has 0 aliphatic carbocycles. The van der Waals surface area contributed by atoms with Crippen molar-refractivity contribution in [3.8, 4) is 17.2 Å². The normalized spacial score (nSPS) is 12.6. The summed E-state index contributed by atoms with van der Waals surface area (Å²) in [4.78, 5) is 0.805. The molecule has 0 spiro atoms. The van der Waals surface area contributed by atoms with E-state index in [4.69, 9.17) is 18.7 Å². The van der Waals surface area contributed by atoms with E-state index in [0.29, 0.717) is 28.6 Å². The molecule has 4 aromatic rings. The second-order valence-corrected chi connectivity index (χ2v) is 7.85. The Kier molecular flexibility index (Phi) is 5.41. The molecule has 0 saturated heterocycles. The van der Waals surface area contributed by atoms with E-state index in [1.54, 1.807) is 21.3 Å². The van der Waals surface area contributed by atoms with Crippen LogP contribution in [0, 0.1) is 0 Å². The summed E-state index contributed by atoms with van der Waals surface area (Å²) in [5.74, 6) is 3.36. The molecule has 0 atom stereocenters. The van der Waals surface area contributed by atoms with Gasteiger partial charge in [-0.2, -0.15) is 5.10 Å². The molecule has 0 bridgehead atoms. The van der Waals surface area contributed by atoms with Crippen LogP contribution in [0.3, 0.4) is 0 Å². The van der Waals surface area contributed by atoms with Crippen LogP contribution in [0.15, 0.2) is 39.8 Å². The van der Waals surface area contributed by atoms with Crippen molar-refractivity contribution < 1.29 is 18.7 Å². The minimum atomic E-state index is 0.563. The minimum Gasteiger partial charge on any atom is -0.495 e. The maximum absolute atomic E-state index is 5.62. The number of anilines is 3. The van der Waals surface area contributed by atoms with Crippen molar-refractivity contribution in [2.45, 2.75) is 18.0 Å². The summed E-state index contributed by atoms with van der Waals surface area (Å²) in [6, 6.07) is 9.34. The van der Waals surface area contributed by atoms with Crippen LogP contribution in [0.25, 0.3) is 11.0 Å². The molecule has 10 nitrogen and oxygen atoms in total. The maximum atomic E-state index is 5.62. The predicted molar refractivity (Wildman–Crippen MR) is 122 cm³/mol. The highest BCUT2D eigenvalue weighted by Gasteiger charge is 2.21. The Labute approximate surface area is 188 Å². The number of aromatic nitrogens is 3. The van der Waals surface area contributed by atoms with E-state index in [0.717, 1.165) is 46.1 Å². The van der Waals surface area contributed by atoms with Crippen molar-refractivity contribution in [2.24, 2.45) is 0 Å². The number of rotatable bonds is 8. The Morgan fingerprint density at radius 3 is 2.53 bits per heavy atom. The molecule has 0 amide bonds. The van der Waals surface area contributed by atoms with Crippen molar-refractivity contribution in [1.29, 1.82) is 0 Å². The zero-order valence-corrected chi connectivity index (χ0v) is 18.6. The molecule has 4 N–H and O–H groups in total. The van der Waals surface area contributed by atoms with E-state index in [9.17, 15) is 0 Å². The number of hydrogen-bond donors (Lipinski definition) is 4. The monoisotopic (exact) mass is 454 g/mol. The average Bonchev–Trinajstić information content (AvgIpc) is 3.54. The molecule has 11 heteroatoms. The summed E-state index contributed by atoms with van der Waals surface area (Å²) in [7, 11) is 4.86. The number of nitrogens with one attached hydrogen (secondary N) is 4. The van der Waals surface area contributed by atoms with Crippen molar-refractivity contribution in [3.63, 3.8) is 0 Å². The fourth-order valence-electron chi connectivity index (χ4n) is 3.60. The van der Waals surface area contributed by atoms with Crippen LogP contribution in [0.2, 0.25) is 0 Å². The molecule has 1 aliphatic heterocycles. The van der Waals surface area contributed by atoms with E-state index in [1.807, 2.05) is 30.3 Å². The van der Waals surface area contributed by atoms with Gasteiger partial charge < -0.3 is 34.1 Å². The van der Waals surface area contributed by atoms with Gasteiger partial charge in [0.25, 0.3) is 0 Å². The number of methoxy groups -OCH3 is 3. The van der Waals surface area contributed by atoms with Crippen LogP contribution in [0.5, 0.6) is 17.2 Å². The number of aromatic amines is 1. The summed E-state index contributed by atoms with van der Waals surface area (Å²) < 4.78 is 25.3. The predicted octanol–water partition coefficient (Wildman–Crippen LogP) is 4.04. The molecule has 2 aromatic heterocycles. The molecule has 2 aromatic carbocycles. The largest absolute Gasteiger partial charge is 0.495 e. The Bertz CT molecular complexity index is 1250. The zero-order valence-electron chi connectivity index (χ0n) is 17.7. The third kappa shape index (κ3) is 3.55. The van der Waals surface area contributed by atoms with E-state index in [-0.39, 0.29) is 0 Å². The molecular formula is C21H22N6O4S. The van der Waals surface area contributed by atoms with Crippen LogP contribution in [-0.2, 0) is 13.1 Å². The molecule has 0 radical (unpaired) electrons. The minimum absolute atomic E-state index is 0.563. The lowest BCUT2D eigenvalue weighted by Gasteiger charge is -2.12. The van der Waals surface area contributed by atoms with Crippen LogP contribution in [-0.4, -0.2) is 36.7 Å². The zero-order chi connectivity index (χ0) is 22.1. The molecule has 3 heterocycles. The van der Waals surface area contributed by atoms with Gasteiger partial charge in [0.2, 0.25) is 0 Å². The highest BCUT2D eigenvalue weighted by molar-refractivity contribution is 8.00. The number of H-pyrrole nitrogens is 1. The van der Waals surface area contributed by atoms with Gasteiger partial charge in [0, 0.05) is 24.7 Å². The third-order valence-electron chi connectivity index (χ3n) is 5.23. The van der Waals surface area contributed by atoms with Crippen LogP contribution < -0.4 is 29.6 Å². The number of fused-ring (bicyclic) bond motifs is 2. The maximum Gasteiger partial charge on any atom is 0.187 e. The van der Waals surface area contributed by atoms with Gasteiger partial charge in [0.05, 0.1) is 38.1 Å². The van der Waals surface area contributed by atoms with Gasteiger partial charge in [-0.1, -0.05) is 11.2 Å². The van der Waals surface area contributed by atoms with Crippen molar-refractivity contribution in [3.05, 3.63) is 41.6 Å². The summed E-state index contributed by atoms with van der Waals surface area (Å²) >= 11 is 1.33. The SMILES string of the molecule is COc1cc2c(NSc3c(OC)cccc3OC)noc2cc1Nc1n[nH]c2c1CNC2. The van der Waals surface area contributed by atoms with E-state index >= 15 is 0 Å². The number of benzene rings is 2. The molecule has 0 unspecified atom stereocenters. The Hall–Kier alpha value is -3.57. The van der Waals surface area contributed by atoms with Crippen LogP contribution >= 0.6 is 11.9 Å². The first-order chi connectivity index (χ1) is 15.7. The smallest absolute Gasteiger partial charge is 0.187 e. The first-order valence-electron chi connectivity index (χ1n) is 9.87. The van der Waals surface area contributed by atoms with Crippen molar-refractivity contribution in [2.75, 3.05) is 31.4 Å². The molecule has 0 fully saturated rings. The highest BCUT2D eigenvalue weighted by atomic mass is 32.2. The van der Waals surface area contributed by atoms with E-state index in [1.165, 1.54) is 11.9 Å². The van der Waals surface area contributed by atoms with Crippen LogP contribution in [0.4, 0.5) is 17.3 Å². The molecule has 32 heavy (non-hydrogen) atoms. The summed E-state index contributed by atoms with van der Waals surface area (Å²) in [5.41, 5.74) is 3.55. The highest BCUT2D eigenvalue weighted by Crippen LogP contribution is 2.41.